The highest BCUT2D eigenvalue weighted by molar-refractivity contribution is 6.09. The van der Waals surface area contributed by atoms with Gasteiger partial charge in [-0.3, -0.25) is 9.59 Å². The third kappa shape index (κ3) is 1.87. The molecule has 0 aromatic heterocycles. The number of ketones is 1. The lowest BCUT2D eigenvalue weighted by molar-refractivity contribution is -0.150. The fourth-order valence-corrected chi connectivity index (χ4v) is 3.05. The molecule has 3 rings (SSSR count). The summed E-state index contributed by atoms with van der Waals surface area (Å²) >= 11 is 0. The average molecular weight is 260 g/mol. The monoisotopic (exact) mass is 260 g/mol. The molecule has 2 saturated carbocycles. The van der Waals surface area contributed by atoms with Crippen LogP contribution in [0.3, 0.4) is 0 Å². The van der Waals surface area contributed by atoms with E-state index in [9.17, 15) is 9.59 Å². The molecule has 4 heteroatoms. The lowest BCUT2D eigenvalue weighted by atomic mass is 10.0. The van der Waals surface area contributed by atoms with Gasteiger partial charge in [0.05, 0.1) is 19.8 Å². The minimum Gasteiger partial charge on any atom is -0.468 e. The van der Waals surface area contributed by atoms with E-state index in [0.29, 0.717) is 19.4 Å². The molecular weight excluding hydrogens is 244 g/mol. The van der Waals surface area contributed by atoms with E-state index in [1.165, 1.54) is 7.11 Å². The second kappa shape index (κ2) is 4.46. The highest BCUT2D eigenvalue weighted by Gasteiger charge is 2.73. The predicted molar refractivity (Wildman–Crippen MR) is 67.2 cm³/mol. The summed E-state index contributed by atoms with van der Waals surface area (Å²) in [6.45, 7) is 0.479. The molecule has 2 aliphatic rings. The molecule has 0 bridgehead atoms. The molecule has 0 heterocycles. The quantitative estimate of drug-likeness (QED) is 0.611. The molecule has 3 atom stereocenters. The molecular formula is C15H16O4. The maximum absolute atomic E-state index is 12.0. The van der Waals surface area contributed by atoms with E-state index in [1.54, 1.807) is 0 Å². The van der Waals surface area contributed by atoms with Crippen molar-refractivity contribution in [1.29, 1.82) is 0 Å². The van der Waals surface area contributed by atoms with Crippen LogP contribution in [0.5, 0.6) is 0 Å². The molecule has 0 radical (unpaired) electrons. The summed E-state index contributed by atoms with van der Waals surface area (Å²) in [6, 6.07) is 9.82. The van der Waals surface area contributed by atoms with E-state index in [1.807, 2.05) is 30.3 Å². The van der Waals surface area contributed by atoms with Crippen molar-refractivity contribution in [3.8, 4) is 0 Å². The molecule has 2 aliphatic carbocycles. The number of carbonyl (C=O) groups is 2. The summed E-state index contributed by atoms with van der Waals surface area (Å²) in [5.41, 5.74) is 0.196. The Morgan fingerprint density at radius 3 is 2.74 bits per heavy atom. The Morgan fingerprint density at radius 2 is 2.11 bits per heavy atom. The van der Waals surface area contributed by atoms with E-state index in [2.05, 4.69) is 0 Å². The van der Waals surface area contributed by atoms with E-state index >= 15 is 0 Å². The van der Waals surface area contributed by atoms with Gasteiger partial charge in [0.2, 0.25) is 0 Å². The first-order valence-electron chi connectivity index (χ1n) is 6.45. The van der Waals surface area contributed by atoms with Gasteiger partial charge in [0, 0.05) is 12.3 Å². The first kappa shape index (κ1) is 12.4. The van der Waals surface area contributed by atoms with Crippen LogP contribution in [0.15, 0.2) is 30.3 Å². The van der Waals surface area contributed by atoms with Crippen LogP contribution in [0.1, 0.15) is 18.4 Å². The second-order valence-electron chi connectivity index (χ2n) is 5.24. The smallest absolute Gasteiger partial charge is 0.319 e. The normalized spacial score (nSPS) is 31.9. The van der Waals surface area contributed by atoms with Crippen LogP contribution in [0, 0.1) is 11.3 Å². The number of hydrogen-bond acceptors (Lipinski definition) is 4. The maximum atomic E-state index is 12.0. The molecule has 0 amide bonds. The molecule has 1 aromatic rings. The molecule has 0 spiro atoms. The number of hydrogen-bond donors (Lipinski definition) is 0. The minimum absolute atomic E-state index is 0.0103. The van der Waals surface area contributed by atoms with Crippen LogP contribution in [-0.2, 0) is 25.7 Å². The molecule has 3 unspecified atom stereocenters. The molecule has 100 valence electrons. The Morgan fingerprint density at radius 1 is 1.37 bits per heavy atom. The summed E-state index contributed by atoms with van der Waals surface area (Å²) in [7, 11) is 1.33. The Balaban J connectivity index is 1.64. The van der Waals surface area contributed by atoms with Gasteiger partial charge in [0.1, 0.15) is 5.41 Å². The standard InChI is InChI=1S/C15H16O4/c1-18-14(17)15-8-11(15)12(7-13(15)16)19-9-10-5-3-2-4-6-10/h2-6,11-12H,7-9H2,1H3. The molecule has 4 nitrogen and oxygen atoms in total. The fraction of sp³-hybridized carbons (Fsp3) is 0.467. The van der Waals surface area contributed by atoms with Gasteiger partial charge in [0.15, 0.2) is 5.78 Å². The minimum atomic E-state index is -0.879. The van der Waals surface area contributed by atoms with Crippen molar-refractivity contribution < 1.29 is 19.1 Å². The van der Waals surface area contributed by atoms with Gasteiger partial charge >= 0.3 is 5.97 Å². The van der Waals surface area contributed by atoms with Gasteiger partial charge in [-0.05, 0) is 12.0 Å². The van der Waals surface area contributed by atoms with Gasteiger partial charge in [-0.15, -0.1) is 0 Å². The largest absolute Gasteiger partial charge is 0.468 e. The third-order valence-electron chi connectivity index (χ3n) is 4.20. The molecule has 1 aromatic carbocycles. The highest BCUT2D eigenvalue weighted by atomic mass is 16.5. The van der Waals surface area contributed by atoms with Gasteiger partial charge in [0.25, 0.3) is 0 Å². The van der Waals surface area contributed by atoms with Crippen molar-refractivity contribution in [1.82, 2.24) is 0 Å². The second-order valence-corrected chi connectivity index (χ2v) is 5.24. The third-order valence-corrected chi connectivity index (χ3v) is 4.20. The first-order chi connectivity index (χ1) is 9.18. The number of methoxy groups -OCH3 is 1. The van der Waals surface area contributed by atoms with E-state index < -0.39 is 11.4 Å². The lowest BCUT2D eigenvalue weighted by Gasteiger charge is -2.12. The van der Waals surface area contributed by atoms with Gasteiger partial charge in [-0.1, -0.05) is 30.3 Å². The summed E-state index contributed by atoms with van der Waals surface area (Å²) in [5, 5.41) is 0. The Labute approximate surface area is 111 Å². The molecule has 0 N–H and O–H groups in total. The van der Waals surface area contributed by atoms with Crippen LogP contribution in [0.2, 0.25) is 0 Å². The van der Waals surface area contributed by atoms with E-state index in [4.69, 9.17) is 9.47 Å². The van der Waals surface area contributed by atoms with E-state index in [-0.39, 0.29) is 17.8 Å². The SMILES string of the molecule is COC(=O)C12CC1C(OCc1ccccc1)CC2=O. The van der Waals surface area contributed by atoms with Crippen LogP contribution < -0.4 is 0 Å². The van der Waals surface area contributed by atoms with Crippen molar-refractivity contribution in [3.63, 3.8) is 0 Å². The van der Waals surface area contributed by atoms with Gasteiger partial charge < -0.3 is 9.47 Å². The summed E-state index contributed by atoms with van der Waals surface area (Å²) in [6.07, 6.45) is 0.761. The average Bonchev–Trinajstić information content (AvgIpc) is 3.14. The number of fused-ring (bicyclic) bond motifs is 1. The van der Waals surface area contributed by atoms with Crippen molar-refractivity contribution in [2.24, 2.45) is 11.3 Å². The summed E-state index contributed by atoms with van der Waals surface area (Å²) < 4.78 is 10.5. The van der Waals surface area contributed by atoms with Crippen LogP contribution in [0.4, 0.5) is 0 Å². The molecule has 19 heavy (non-hydrogen) atoms. The number of carbonyl (C=O) groups excluding carboxylic acids is 2. The van der Waals surface area contributed by atoms with Crippen molar-refractivity contribution >= 4 is 11.8 Å². The zero-order valence-electron chi connectivity index (χ0n) is 10.8. The zero-order chi connectivity index (χ0) is 13.5. The Bertz CT molecular complexity index is 510. The molecule has 2 fully saturated rings. The van der Waals surface area contributed by atoms with Gasteiger partial charge in [-0.25, -0.2) is 0 Å². The predicted octanol–water partition coefficient (Wildman–Crippen LogP) is 1.72. The number of esters is 1. The number of ether oxygens (including phenoxy) is 2. The molecule has 0 saturated heterocycles. The summed E-state index contributed by atoms with van der Waals surface area (Å²) in [5.74, 6) is -0.410. The zero-order valence-corrected chi connectivity index (χ0v) is 10.8. The maximum Gasteiger partial charge on any atom is 0.319 e. The van der Waals surface area contributed by atoms with Crippen LogP contribution >= 0.6 is 0 Å². The van der Waals surface area contributed by atoms with Crippen molar-refractivity contribution in [2.45, 2.75) is 25.6 Å². The Kier molecular flexibility index (Phi) is 2.90. The number of benzene rings is 1. The van der Waals surface area contributed by atoms with Crippen molar-refractivity contribution in [2.75, 3.05) is 7.11 Å². The lowest BCUT2D eigenvalue weighted by Crippen LogP contribution is -2.24. The fourth-order valence-electron chi connectivity index (χ4n) is 3.05. The number of Topliss-reactive ketones (excluding diaryl/α,β-unsaturated/α-hetero) is 1. The van der Waals surface area contributed by atoms with Crippen LogP contribution in [-0.4, -0.2) is 25.0 Å². The van der Waals surface area contributed by atoms with Crippen LogP contribution in [0.25, 0.3) is 0 Å². The van der Waals surface area contributed by atoms with Crippen molar-refractivity contribution in [3.05, 3.63) is 35.9 Å². The molecule has 0 aliphatic heterocycles. The van der Waals surface area contributed by atoms with Gasteiger partial charge in [-0.2, -0.15) is 0 Å². The number of rotatable bonds is 4. The summed E-state index contributed by atoms with van der Waals surface area (Å²) in [4.78, 5) is 23.7. The van der Waals surface area contributed by atoms with E-state index in [0.717, 1.165) is 5.56 Å². The Hall–Kier alpha value is -1.68. The topological polar surface area (TPSA) is 52.6 Å². The first-order valence-corrected chi connectivity index (χ1v) is 6.45. The highest BCUT2D eigenvalue weighted by Crippen LogP contribution is 2.62.